The number of hydrogen-bond acceptors (Lipinski definition) is 8. The van der Waals surface area contributed by atoms with Crippen LogP contribution in [0.25, 0.3) is 28.2 Å². The number of anilines is 1. The highest BCUT2D eigenvalue weighted by atomic mass is 16.5. The lowest BCUT2D eigenvalue weighted by atomic mass is 10.1. The van der Waals surface area contributed by atoms with Crippen LogP contribution in [0.3, 0.4) is 0 Å². The minimum absolute atomic E-state index is 0.645. The maximum atomic E-state index is 5.36. The maximum absolute atomic E-state index is 5.36. The number of nitrogens with zero attached hydrogens (tertiary/aromatic N) is 8. The van der Waals surface area contributed by atoms with E-state index in [1.54, 1.807) is 6.33 Å². The van der Waals surface area contributed by atoms with Crippen LogP contribution in [0, 0.1) is 0 Å². The fourth-order valence-electron chi connectivity index (χ4n) is 5.61. The standard InChI is InChI=1S/C31H35N9O/c1-37-19-26(17-36-37)25-4-2-24(3-5-25)16-32-30-15-28(34-22-35-30)29-18-33-31-14-23(7-9-40(29)31)6-8-38-10-12-39(13-11-38)27-20-41-21-27/h2-5,7,9,14-15,17-19,22,27H,6,8,10-13,16,20-21H2,1H3,(H,32,34,35). The lowest BCUT2D eigenvalue weighted by Gasteiger charge is -2.42. The van der Waals surface area contributed by atoms with Crippen LogP contribution in [-0.4, -0.2) is 90.9 Å². The molecule has 1 N–H and O–H groups in total. The Bertz CT molecular complexity index is 1610. The molecule has 2 saturated heterocycles. The largest absolute Gasteiger partial charge is 0.378 e. The number of aromatic nitrogens is 6. The smallest absolute Gasteiger partial charge is 0.137 e. The fraction of sp³-hybridized carbons (Fsp3) is 0.355. The van der Waals surface area contributed by atoms with Crippen molar-refractivity contribution in [3.63, 3.8) is 0 Å². The van der Waals surface area contributed by atoms with E-state index in [1.165, 1.54) is 11.1 Å². The molecule has 4 aromatic heterocycles. The second-order valence-corrected chi connectivity index (χ2v) is 11.0. The van der Waals surface area contributed by atoms with Crippen LogP contribution in [0.4, 0.5) is 5.82 Å². The molecule has 41 heavy (non-hydrogen) atoms. The van der Waals surface area contributed by atoms with Crippen LogP contribution in [0.2, 0.25) is 0 Å². The molecular weight excluding hydrogens is 514 g/mol. The van der Waals surface area contributed by atoms with E-state index in [0.29, 0.717) is 12.6 Å². The molecule has 10 heteroatoms. The summed E-state index contributed by atoms with van der Waals surface area (Å²) in [5.41, 5.74) is 7.48. The van der Waals surface area contributed by atoms with E-state index in [1.807, 2.05) is 36.4 Å². The van der Waals surface area contributed by atoms with Crippen LogP contribution >= 0.6 is 0 Å². The molecule has 0 amide bonds. The number of piperazine rings is 1. The molecule has 7 rings (SSSR count). The monoisotopic (exact) mass is 549 g/mol. The van der Waals surface area contributed by atoms with Crippen molar-refractivity contribution in [2.24, 2.45) is 7.05 Å². The minimum Gasteiger partial charge on any atom is -0.378 e. The van der Waals surface area contributed by atoms with E-state index in [4.69, 9.17) is 9.72 Å². The molecule has 0 unspecified atom stereocenters. The summed E-state index contributed by atoms with van der Waals surface area (Å²) >= 11 is 0. The summed E-state index contributed by atoms with van der Waals surface area (Å²) < 4.78 is 9.28. The van der Waals surface area contributed by atoms with Gasteiger partial charge in [0.05, 0.1) is 43.0 Å². The average molecular weight is 550 g/mol. The summed E-state index contributed by atoms with van der Waals surface area (Å²) in [7, 11) is 1.93. The van der Waals surface area contributed by atoms with Gasteiger partial charge in [0.25, 0.3) is 0 Å². The first kappa shape index (κ1) is 25.8. The van der Waals surface area contributed by atoms with Gasteiger partial charge in [0.1, 0.15) is 17.8 Å². The van der Waals surface area contributed by atoms with Crippen molar-refractivity contribution in [2.45, 2.75) is 19.0 Å². The lowest BCUT2D eigenvalue weighted by molar-refractivity contribution is -0.0767. The van der Waals surface area contributed by atoms with Crippen LogP contribution in [0.1, 0.15) is 11.1 Å². The Morgan fingerprint density at radius 2 is 1.76 bits per heavy atom. The summed E-state index contributed by atoms with van der Waals surface area (Å²) in [5, 5.41) is 7.69. The lowest BCUT2D eigenvalue weighted by Crippen LogP contribution is -2.56. The molecule has 0 radical (unpaired) electrons. The van der Waals surface area contributed by atoms with Crippen molar-refractivity contribution in [2.75, 3.05) is 51.3 Å². The van der Waals surface area contributed by atoms with Crippen molar-refractivity contribution in [1.29, 1.82) is 0 Å². The zero-order valence-electron chi connectivity index (χ0n) is 23.4. The highest BCUT2D eigenvalue weighted by molar-refractivity contribution is 5.64. The normalized spacial score (nSPS) is 16.7. The molecule has 2 fully saturated rings. The number of ether oxygens (including phenoxy) is 1. The average Bonchev–Trinajstić information content (AvgIpc) is 3.61. The highest BCUT2D eigenvalue weighted by Gasteiger charge is 2.28. The molecule has 2 aliphatic rings. The van der Waals surface area contributed by atoms with Crippen LogP contribution in [0.15, 0.2) is 73.6 Å². The summed E-state index contributed by atoms with van der Waals surface area (Å²) in [4.78, 5) is 18.8. The summed E-state index contributed by atoms with van der Waals surface area (Å²) in [6.45, 7) is 8.11. The third kappa shape index (κ3) is 5.72. The molecule has 10 nitrogen and oxygen atoms in total. The van der Waals surface area contributed by atoms with E-state index in [9.17, 15) is 0 Å². The molecule has 0 atom stereocenters. The minimum atomic E-state index is 0.645. The van der Waals surface area contributed by atoms with Gasteiger partial charge in [-0.15, -0.1) is 0 Å². The number of rotatable bonds is 9. The number of nitrogens with one attached hydrogen (secondary N) is 1. The SMILES string of the molecule is Cn1cc(-c2ccc(CNc3cc(-c4cnc5cc(CCN6CCN(C7COC7)CC6)ccn45)ncn3)cc2)cn1. The second-order valence-electron chi connectivity index (χ2n) is 11.0. The quantitative estimate of drug-likeness (QED) is 0.300. The van der Waals surface area contributed by atoms with Gasteiger partial charge >= 0.3 is 0 Å². The molecule has 1 aromatic carbocycles. The Morgan fingerprint density at radius 1 is 0.902 bits per heavy atom. The first-order chi connectivity index (χ1) is 20.2. The number of imidazole rings is 1. The summed E-state index contributed by atoms with van der Waals surface area (Å²) in [5.74, 6) is 0.780. The predicted octanol–water partition coefficient (Wildman–Crippen LogP) is 3.36. The Hall–Kier alpha value is -4.12. The van der Waals surface area contributed by atoms with Crippen LogP contribution in [-0.2, 0) is 24.8 Å². The molecule has 0 aliphatic carbocycles. The Labute approximate surface area is 239 Å². The molecule has 0 spiro atoms. The third-order valence-corrected chi connectivity index (χ3v) is 8.23. The molecule has 0 saturated carbocycles. The number of aryl methyl sites for hydroxylation is 1. The second kappa shape index (κ2) is 11.4. The molecule has 0 bridgehead atoms. The number of fused-ring (bicyclic) bond motifs is 1. The summed E-state index contributed by atoms with van der Waals surface area (Å²) in [6.07, 6.45) is 10.5. The number of pyridine rings is 1. The zero-order valence-corrected chi connectivity index (χ0v) is 23.4. The molecule has 6 heterocycles. The van der Waals surface area contributed by atoms with Crippen molar-refractivity contribution in [3.05, 3.63) is 84.7 Å². The van der Waals surface area contributed by atoms with Gasteiger partial charge in [-0.1, -0.05) is 24.3 Å². The third-order valence-electron chi connectivity index (χ3n) is 8.23. The summed E-state index contributed by atoms with van der Waals surface area (Å²) in [6, 6.07) is 15.5. The zero-order chi connectivity index (χ0) is 27.6. The first-order valence-corrected chi connectivity index (χ1v) is 14.3. The van der Waals surface area contributed by atoms with E-state index in [2.05, 4.69) is 77.2 Å². The van der Waals surface area contributed by atoms with Gasteiger partial charge in [-0.25, -0.2) is 15.0 Å². The fourth-order valence-corrected chi connectivity index (χ4v) is 5.61. The van der Waals surface area contributed by atoms with E-state index in [-0.39, 0.29) is 0 Å². The van der Waals surface area contributed by atoms with Crippen molar-refractivity contribution < 1.29 is 4.74 Å². The topological polar surface area (TPSA) is 88.6 Å². The van der Waals surface area contributed by atoms with E-state index in [0.717, 1.165) is 86.3 Å². The van der Waals surface area contributed by atoms with Crippen molar-refractivity contribution >= 4 is 11.5 Å². The van der Waals surface area contributed by atoms with Gasteiger partial charge in [-0.05, 0) is 35.2 Å². The van der Waals surface area contributed by atoms with Gasteiger partial charge in [0, 0.05) is 70.3 Å². The maximum Gasteiger partial charge on any atom is 0.137 e. The van der Waals surface area contributed by atoms with Crippen molar-refractivity contribution in [3.8, 4) is 22.5 Å². The molecular formula is C31H35N9O. The molecule has 5 aromatic rings. The van der Waals surface area contributed by atoms with E-state index < -0.39 is 0 Å². The number of hydrogen-bond donors (Lipinski definition) is 1. The van der Waals surface area contributed by atoms with Gasteiger partial charge < -0.3 is 15.0 Å². The molecule has 210 valence electrons. The first-order valence-electron chi connectivity index (χ1n) is 14.3. The van der Waals surface area contributed by atoms with Crippen molar-refractivity contribution in [1.82, 2.24) is 38.9 Å². The highest BCUT2D eigenvalue weighted by Crippen LogP contribution is 2.23. The van der Waals surface area contributed by atoms with E-state index >= 15 is 0 Å². The van der Waals surface area contributed by atoms with Gasteiger partial charge in [0.2, 0.25) is 0 Å². The predicted molar refractivity (Wildman–Crippen MR) is 159 cm³/mol. The Morgan fingerprint density at radius 3 is 2.51 bits per heavy atom. The Balaban J connectivity index is 0.965. The van der Waals surface area contributed by atoms with Gasteiger partial charge in [-0.2, -0.15) is 5.10 Å². The van der Waals surface area contributed by atoms with Gasteiger partial charge in [0.15, 0.2) is 0 Å². The molecule has 2 aliphatic heterocycles. The van der Waals surface area contributed by atoms with Crippen LogP contribution in [0.5, 0.6) is 0 Å². The van der Waals surface area contributed by atoms with Gasteiger partial charge in [-0.3, -0.25) is 14.0 Å². The van der Waals surface area contributed by atoms with Crippen LogP contribution < -0.4 is 5.32 Å². The Kier molecular flexibility index (Phi) is 7.18. The number of benzene rings is 1.